The van der Waals surface area contributed by atoms with Gasteiger partial charge in [0.15, 0.2) is 0 Å². The number of morpholine rings is 1. The molecule has 8 nitrogen and oxygen atoms in total. The van der Waals surface area contributed by atoms with Crippen LogP contribution in [-0.4, -0.2) is 65.4 Å². The molecule has 0 unspecified atom stereocenters. The highest BCUT2D eigenvalue weighted by molar-refractivity contribution is 5.95. The van der Waals surface area contributed by atoms with E-state index in [1.807, 2.05) is 27.7 Å². The molecule has 0 atom stereocenters. The molecule has 1 rings (SSSR count). The maximum Gasteiger partial charge on any atom is 0.329 e. The van der Waals surface area contributed by atoms with E-state index in [2.05, 4.69) is 10.1 Å². The zero-order valence-corrected chi connectivity index (χ0v) is 12.8. The van der Waals surface area contributed by atoms with Crippen molar-refractivity contribution < 1.29 is 29.0 Å². The normalized spacial score (nSPS) is 19.9. The van der Waals surface area contributed by atoms with Crippen LogP contribution in [0.2, 0.25) is 0 Å². The van der Waals surface area contributed by atoms with E-state index < -0.39 is 42.3 Å². The maximum atomic E-state index is 12.0. The molecule has 0 radical (unpaired) electrons. The largest absolute Gasteiger partial charge is 0.480 e. The number of carboxylic acids is 1. The monoisotopic (exact) mass is 302 g/mol. The number of carboxylic acid groups (broad SMARTS) is 1. The number of carbonyl (C=O) groups is 3. The Hall–Kier alpha value is -1.67. The van der Waals surface area contributed by atoms with Gasteiger partial charge in [-0.1, -0.05) is 0 Å². The minimum absolute atomic E-state index is 0.353. The van der Waals surface area contributed by atoms with Gasteiger partial charge >= 0.3 is 12.0 Å². The number of nitrogens with zero attached hydrogens (tertiary/aromatic N) is 1. The summed E-state index contributed by atoms with van der Waals surface area (Å²) < 4.78 is 10.5. The summed E-state index contributed by atoms with van der Waals surface area (Å²) in [6, 6.07) is -0.539. The molecule has 1 aliphatic heterocycles. The summed E-state index contributed by atoms with van der Waals surface area (Å²) >= 11 is 0. The molecule has 1 saturated heterocycles. The molecule has 0 aromatic carbocycles. The van der Waals surface area contributed by atoms with Crippen LogP contribution in [0, 0.1) is 0 Å². The van der Waals surface area contributed by atoms with E-state index in [1.54, 1.807) is 0 Å². The van der Waals surface area contributed by atoms with Crippen molar-refractivity contribution >= 4 is 17.9 Å². The average molecular weight is 302 g/mol. The summed E-state index contributed by atoms with van der Waals surface area (Å²) in [4.78, 5) is 35.3. The lowest BCUT2D eigenvalue weighted by molar-refractivity contribution is -0.170. The van der Waals surface area contributed by atoms with Gasteiger partial charge in [0.25, 0.3) is 5.91 Å². The Kier molecular flexibility index (Phi) is 5.30. The minimum Gasteiger partial charge on any atom is -0.480 e. The molecule has 21 heavy (non-hydrogen) atoms. The quantitative estimate of drug-likeness (QED) is 0.769. The standard InChI is InChI=1S/C13H22N2O6/c1-12(2)7-15(8-13(3,4)21-12)11(19)14-9(16)5-20-6-10(17)18/h5-8H2,1-4H3,(H,17,18)(H,14,16,19). The smallest absolute Gasteiger partial charge is 0.329 e. The summed E-state index contributed by atoms with van der Waals surface area (Å²) in [7, 11) is 0. The lowest BCUT2D eigenvalue weighted by Gasteiger charge is -2.46. The minimum atomic E-state index is -1.18. The summed E-state index contributed by atoms with van der Waals surface area (Å²) in [5, 5.41) is 10.6. The maximum absolute atomic E-state index is 12.0. The third-order valence-corrected chi connectivity index (χ3v) is 2.69. The van der Waals surface area contributed by atoms with Gasteiger partial charge in [-0.25, -0.2) is 9.59 Å². The van der Waals surface area contributed by atoms with Gasteiger partial charge in [-0.3, -0.25) is 10.1 Å². The summed E-state index contributed by atoms with van der Waals surface area (Å²) in [6.45, 7) is 7.11. The number of amides is 3. The molecule has 8 heteroatoms. The molecule has 0 aromatic rings. The molecule has 1 aliphatic rings. The molecule has 0 bridgehead atoms. The van der Waals surface area contributed by atoms with Crippen LogP contribution in [0.1, 0.15) is 27.7 Å². The molecular weight excluding hydrogens is 280 g/mol. The second kappa shape index (κ2) is 6.40. The van der Waals surface area contributed by atoms with E-state index in [4.69, 9.17) is 9.84 Å². The Morgan fingerprint density at radius 2 is 1.67 bits per heavy atom. The van der Waals surface area contributed by atoms with Crippen molar-refractivity contribution in [2.24, 2.45) is 0 Å². The van der Waals surface area contributed by atoms with Crippen LogP contribution in [0.5, 0.6) is 0 Å². The molecular formula is C13H22N2O6. The van der Waals surface area contributed by atoms with Crippen LogP contribution in [0.3, 0.4) is 0 Å². The van der Waals surface area contributed by atoms with Crippen molar-refractivity contribution in [3.63, 3.8) is 0 Å². The number of nitrogens with one attached hydrogen (secondary N) is 1. The number of hydrogen-bond donors (Lipinski definition) is 2. The zero-order chi connectivity index (χ0) is 16.3. The number of aliphatic carboxylic acids is 1. The highest BCUT2D eigenvalue weighted by Crippen LogP contribution is 2.27. The van der Waals surface area contributed by atoms with E-state index >= 15 is 0 Å². The summed E-state index contributed by atoms with van der Waals surface area (Å²) in [6.07, 6.45) is 0. The Morgan fingerprint density at radius 1 is 1.14 bits per heavy atom. The summed E-state index contributed by atoms with van der Waals surface area (Å²) in [5.41, 5.74) is -1.02. The molecule has 1 fully saturated rings. The van der Waals surface area contributed by atoms with Gasteiger partial charge in [0.2, 0.25) is 0 Å². The SMILES string of the molecule is CC1(C)CN(C(=O)NC(=O)COCC(=O)O)CC(C)(C)O1. The van der Waals surface area contributed by atoms with Crippen LogP contribution in [0.4, 0.5) is 4.79 Å². The fourth-order valence-electron chi connectivity index (χ4n) is 2.40. The number of imide groups is 1. The number of carbonyl (C=O) groups excluding carboxylic acids is 2. The Balaban J connectivity index is 2.51. The van der Waals surface area contributed by atoms with Crippen molar-refractivity contribution in [3.8, 4) is 0 Å². The zero-order valence-electron chi connectivity index (χ0n) is 12.8. The summed E-state index contributed by atoms with van der Waals surface area (Å²) in [5.74, 6) is -1.85. The number of urea groups is 1. The highest BCUT2D eigenvalue weighted by atomic mass is 16.5. The predicted octanol–water partition coefficient (Wildman–Crippen LogP) is 0.213. The van der Waals surface area contributed by atoms with Crippen molar-refractivity contribution in [2.45, 2.75) is 38.9 Å². The molecule has 2 N–H and O–H groups in total. The first-order valence-electron chi connectivity index (χ1n) is 6.59. The third kappa shape index (κ3) is 6.09. The molecule has 3 amide bonds. The van der Waals surface area contributed by atoms with Crippen molar-refractivity contribution in [1.29, 1.82) is 0 Å². The van der Waals surface area contributed by atoms with E-state index in [1.165, 1.54) is 4.90 Å². The number of ether oxygens (including phenoxy) is 2. The fourth-order valence-corrected chi connectivity index (χ4v) is 2.40. The molecule has 0 aliphatic carbocycles. The van der Waals surface area contributed by atoms with Crippen LogP contribution >= 0.6 is 0 Å². The fraction of sp³-hybridized carbons (Fsp3) is 0.769. The van der Waals surface area contributed by atoms with Crippen LogP contribution < -0.4 is 5.32 Å². The second-order valence-electron chi connectivity index (χ2n) is 6.22. The van der Waals surface area contributed by atoms with Gasteiger partial charge in [-0.05, 0) is 27.7 Å². The molecule has 0 spiro atoms. The molecule has 1 heterocycles. The van der Waals surface area contributed by atoms with Crippen molar-refractivity contribution in [2.75, 3.05) is 26.3 Å². The lowest BCUT2D eigenvalue weighted by atomic mass is 9.99. The molecule has 0 aromatic heterocycles. The lowest BCUT2D eigenvalue weighted by Crippen LogP contribution is -2.61. The van der Waals surface area contributed by atoms with E-state index in [9.17, 15) is 14.4 Å². The second-order valence-corrected chi connectivity index (χ2v) is 6.22. The first-order chi connectivity index (χ1) is 9.51. The number of rotatable bonds is 4. The van der Waals surface area contributed by atoms with Gasteiger partial charge in [0, 0.05) is 0 Å². The van der Waals surface area contributed by atoms with Crippen molar-refractivity contribution in [3.05, 3.63) is 0 Å². The molecule has 120 valence electrons. The third-order valence-electron chi connectivity index (χ3n) is 2.69. The van der Waals surface area contributed by atoms with Crippen LogP contribution in [0.15, 0.2) is 0 Å². The Labute approximate surface area is 123 Å². The van der Waals surface area contributed by atoms with Gasteiger partial charge < -0.3 is 19.5 Å². The first kappa shape index (κ1) is 17.4. The van der Waals surface area contributed by atoms with Gasteiger partial charge in [0.1, 0.15) is 13.2 Å². The van der Waals surface area contributed by atoms with Crippen LogP contribution in [-0.2, 0) is 19.1 Å². The van der Waals surface area contributed by atoms with Crippen molar-refractivity contribution in [1.82, 2.24) is 10.2 Å². The Morgan fingerprint density at radius 3 is 2.14 bits per heavy atom. The van der Waals surface area contributed by atoms with Gasteiger partial charge in [-0.2, -0.15) is 0 Å². The van der Waals surface area contributed by atoms with E-state index in [0.29, 0.717) is 13.1 Å². The van der Waals surface area contributed by atoms with Gasteiger partial charge in [-0.15, -0.1) is 0 Å². The van der Waals surface area contributed by atoms with E-state index in [0.717, 1.165) is 0 Å². The molecule has 0 saturated carbocycles. The highest BCUT2D eigenvalue weighted by Gasteiger charge is 2.40. The first-order valence-corrected chi connectivity index (χ1v) is 6.59. The van der Waals surface area contributed by atoms with Crippen LogP contribution in [0.25, 0.3) is 0 Å². The predicted molar refractivity (Wildman–Crippen MR) is 72.8 cm³/mol. The van der Waals surface area contributed by atoms with Gasteiger partial charge in [0.05, 0.1) is 24.3 Å². The average Bonchev–Trinajstić information content (AvgIpc) is 2.23. The number of hydrogen-bond acceptors (Lipinski definition) is 5. The van der Waals surface area contributed by atoms with E-state index in [-0.39, 0.29) is 0 Å². The topological polar surface area (TPSA) is 105 Å². The Bertz CT molecular complexity index is 416.